The second-order valence-corrected chi connectivity index (χ2v) is 3.68. The molecule has 2 heterocycles. The van der Waals surface area contributed by atoms with Gasteiger partial charge in [0.1, 0.15) is 0 Å². The molecule has 1 saturated heterocycles. The summed E-state index contributed by atoms with van der Waals surface area (Å²) >= 11 is 5.77. The van der Waals surface area contributed by atoms with Crippen molar-refractivity contribution in [2.75, 3.05) is 18.5 Å². The topological polar surface area (TPSA) is 54.4 Å². The van der Waals surface area contributed by atoms with E-state index >= 15 is 0 Å². The van der Waals surface area contributed by atoms with Crippen LogP contribution in [-0.4, -0.2) is 35.5 Å². The molecule has 2 atom stereocenters. The van der Waals surface area contributed by atoms with Crippen LogP contribution in [0.3, 0.4) is 0 Å². The standard InChI is InChI=1S/C9H11ClN2O2/c10-6-1-7(3-11-2-6)12-8-4-14-5-9(8)13/h1-3,8-9,12-13H,4-5H2. The normalized spacial score (nSPS) is 26.4. The quantitative estimate of drug-likeness (QED) is 0.769. The number of aliphatic hydroxyl groups excluding tert-OH is 1. The molecule has 5 heteroatoms. The minimum atomic E-state index is -0.464. The number of aliphatic hydroxyl groups is 1. The molecule has 14 heavy (non-hydrogen) atoms. The van der Waals surface area contributed by atoms with Crippen LogP contribution in [0.1, 0.15) is 0 Å². The van der Waals surface area contributed by atoms with Gasteiger partial charge >= 0.3 is 0 Å². The highest BCUT2D eigenvalue weighted by atomic mass is 35.5. The van der Waals surface area contributed by atoms with Crippen LogP contribution in [-0.2, 0) is 4.74 Å². The third-order valence-electron chi connectivity index (χ3n) is 2.11. The van der Waals surface area contributed by atoms with E-state index in [1.807, 2.05) is 0 Å². The summed E-state index contributed by atoms with van der Waals surface area (Å²) in [6.45, 7) is 0.888. The van der Waals surface area contributed by atoms with Gasteiger partial charge in [0.25, 0.3) is 0 Å². The van der Waals surface area contributed by atoms with Crippen molar-refractivity contribution in [2.45, 2.75) is 12.1 Å². The largest absolute Gasteiger partial charge is 0.388 e. The van der Waals surface area contributed by atoms with Gasteiger partial charge in [-0.3, -0.25) is 4.98 Å². The smallest absolute Gasteiger partial charge is 0.0996 e. The lowest BCUT2D eigenvalue weighted by Gasteiger charge is -2.15. The molecule has 1 aliphatic heterocycles. The van der Waals surface area contributed by atoms with Crippen LogP contribution in [0.4, 0.5) is 5.69 Å². The maximum absolute atomic E-state index is 9.48. The summed E-state index contributed by atoms with van der Waals surface area (Å²) in [4.78, 5) is 3.93. The number of ether oxygens (including phenoxy) is 1. The minimum Gasteiger partial charge on any atom is -0.388 e. The van der Waals surface area contributed by atoms with Gasteiger partial charge in [0.2, 0.25) is 0 Å². The van der Waals surface area contributed by atoms with Crippen molar-refractivity contribution in [3.8, 4) is 0 Å². The summed E-state index contributed by atoms with van der Waals surface area (Å²) in [6.07, 6.45) is 2.76. The maximum atomic E-state index is 9.48. The van der Waals surface area contributed by atoms with E-state index in [1.165, 1.54) is 0 Å². The molecular formula is C9H11ClN2O2. The fourth-order valence-corrected chi connectivity index (χ4v) is 1.56. The molecule has 0 radical (unpaired) electrons. The number of pyridine rings is 1. The van der Waals surface area contributed by atoms with E-state index < -0.39 is 6.10 Å². The zero-order valence-corrected chi connectivity index (χ0v) is 8.24. The van der Waals surface area contributed by atoms with Crippen molar-refractivity contribution >= 4 is 17.3 Å². The average molecular weight is 215 g/mol. The summed E-state index contributed by atoms with van der Waals surface area (Å²) in [5.41, 5.74) is 0.798. The number of anilines is 1. The number of rotatable bonds is 2. The van der Waals surface area contributed by atoms with Gasteiger partial charge < -0.3 is 15.2 Å². The van der Waals surface area contributed by atoms with Crippen LogP contribution in [0.15, 0.2) is 18.5 Å². The zero-order valence-electron chi connectivity index (χ0n) is 7.48. The van der Waals surface area contributed by atoms with E-state index in [1.54, 1.807) is 18.5 Å². The Kier molecular flexibility index (Phi) is 2.86. The molecule has 0 spiro atoms. The summed E-state index contributed by atoms with van der Waals surface area (Å²) in [7, 11) is 0. The predicted octanol–water partition coefficient (Wildman–Crippen LogP) is 0.907. The van der Waals surface area contributed by atoms with Crippen molar-refractivity contribution in [1.29, 1.82) is 0 Å². The SMILES string of the molecule is OC1COCC1Nc1cncc(Cl)c1. The average Bonchev–Trinajstić information content (AvgIpc) is 2.52. The monoisotopic (exact) mass is 214 g/mol. The van der Waals surface area contributed by atoms with Crippen LogP contribution in [0.5, 0.6) is 0 Å². The first kappa shape index (κ1) is 9.71. The Bertz CT molecular complexity index is 321. The zero-order chi connectivity index (χ0) is 9.97. The third kappa shape index (κ3) is 2.15. The van der Waals surface area contributed by atoms with Crippen molar-refractivity contribution in [1.82, 2.24) is 4.98 Å². The van der Waals surface area contributed by atoms with Crippen molar-refractivity contribution < 1.29 is 9.84 Å². The lowest BCUT2D eigenvalue weighted by atomic mass is 10.2. The van der Waals surface area contributed by atoms with E-state index in [0.29, 0.717) is 18.2 Å². The van der Waals surface area contributed by atoms with Gasteiger partial charge in [-0.05, 0) is 6.07 Å². The molecule has 76 valence electrons. The molecule has 4 nitrogen and oxygen atoms in total. The molecule has 2 unspecified atom stereocenters. The fraction of sp³-hybridized carbons (Fsp3) is 0.444. The van der Waals surface area contributed by atoms with Crippen molar-refractivity contribution in [2.24, 2.45) is 0 Å². The molecule has 0 aliphatic carbocycles. The van der Waals surface area contributed by atoms with E-state index in [2.05, 4.69) is 10.3 Å². The summed E-state index contributed by atoms with van der Waals surface area (Å²) < 4.78 is 5.11. The molecule has 1 aromatic heterocycles. The van der Waals surface area contributed by atoms with Crippen LogP contribution in [0.2, 0.25) is 5.02 Å². The van der Waals surface area contributed by atoms with Gasteiger partial charge in [0.15, 0.2) is 0 Å². The number of nitrogens with zero attached hydrogens (tertiary/aromatic N) is 1. The summed E-state index contributed by atoms with van der Waals surface area (Å²) in [6, 6.07) is 1.69. The number of halogens is 1. The lowest BCUT2D eigenvalue weighted by molar-refractivity contribution is 0.125. The van der Waals surface area contributed by atoms with E-state index in [0.717, 1.165) is 5.69 Å². The van der Waals surface area contributed by atoms with Gasteiger partial charge in [-0.2, -0.15) is 0 Å². The maximum Gasteiger partial charge on any atom is 0.0996 e. The first-order valence-corrected chi connectivity index (χ1v) is 4.76. The van der Waals surface area contributed by atoms with Gasteiger partial charge in [-0.25, -0.2) is 0 Å². The van der Waals surface area contributed by atoms with E-state index in [4.69, 9.17) is 16.3 Å². The first-order chi connectivity index (χ1) is 6.75. The minimum absolute atomic E-state index is 0.0738. The number of nitrogens with one attached hydrogen (secondary N) is 1. The number of hydrogen-bond acceptors (Lipinski definition) is 4. The molecule has 0 saturated carbocycles. The highest BCUT2D eigenvalue weighted by Crippen LogP contribution is 2.16. The Balaban J connectivity index is 2.03. The molecule has 1 fully saturated rings. The third-order valence-corrected chi connectivity index (χ3v) is 2.31. The Morgan fingerprint density at radius 1 is 1.50 bits per heavy atom. The summed E-state index contributed by atoms with van der Waals surface area (Å²) in [5.74, 6) is 0. The molecule has 0 aromatic carbocycles. The van der Waals surface area contributed by atoms with E-state index in [9.17, 15) is 5.11 Å². The van der Waals surface area contributed by atoms with Gasteiger partial charge in [0.05, 0.1) is 42.3 Å². The van der Waals surface area contributed by atoms with Gasteiger partial charge in [-0.15, -0.1) is 0 Å². The molecule has 1 aliphatic rings. The number of aromatic nitrogens is 1. The molecule has 0 bridgehead atoms. The lowest BCUT2D eigenvalue weighted by Crippen LogP contribution is -2.31. The van der Waals surface area contributed by atoms with Crippen molar-refractivity contribution in [3.05, 3.63) is 23.5 Å². The molecular weight excluding hydrogens is 204 g/mol. The Morgan fingerprint density at radius 3 is 3.00 bits per heavy atom. The highest BCUT2D eigenvalue weighted by molar-refractivity contribution is 6.30. The van der Waals surface area contributed by atoms with Crippen LogP contribution >= 0.6 is 11.6 Å². The summed E-state index contributed by atoms with van der Waals surface area (Å²) in [5, 5.41) is 13.2. The molecule has 0 amide bonds. The molecule has 2 rings (SSSR count). The Morgan fingerprint density at radius 2 is 2.36 bits per heavy atom. The second kappa shape index (κ2) is 4.13. The van der Waals surface area contributed by atoms with Crippen LogP contribution in [0, 0.1) is 0 Å². The molecule has 1 aromatic rings. The van der Waals surface area contributed by atoms with Gasteiger partial charge in [-0.1, -0.05) is 11.6 Å². The van der Waals surface area contributed by atoms with Gasteiger partial charge in [0, 0.05) is 6.20 Å². The number of hydrogen-bond donors (Lipinski definition) is 2. The van der Waals surface area contributed by atoms with Crippen molar-refractivity contribution in [3.63, 3.8) is 0 Å². The van der Waals surface area contributed by atoms with Crippen LogP contribution < -0.4 is 5.32 Å². The predicted molar refractivity (Wildman–Crippen MR) is 53.5 cm³/mol. The van der Waals surface area contributed by atoms with E-state index in [-0.39, 0.29) is 6.04 Å². The Hall–Kier alpha value is -0.840. The van der Waals surface area contributed by atoms with Crippen LogP contribution in [0.25, 0.3) is 0 Å². The Labute approximate surface area is 86.9 Å². The molecule has 2 N–H and O–H groups in total. The highest BCUT2D eigenvalue weighted by Gasteiger charge is 2.25. The fourth-order valence-electron chi connectivity index (χ4n) is 1.39. The first-order valence-electron chi connectivity index (χ1n) is 4.38. The second-order valence-electron chi connectivity index (χ2n) is 3.25.